The second-order valence-electron chi connectivity index (χ2n) is 11.9. The number of aryl methyl sites for hydroxylation is 2. The molecule has 2 fully saturated rings. The van der Waals surface area contributed by atoms with Crippen LogP contribution < -0.4 is 10.2 Å². The van der Waals surface area contributed by atoms with E-state index < -0.39 is 47.4 Å². The van der Waals surface area contributed by atoms with E-state index in [1.54, 1.807) is 23.1 Å². The number of β-amino-alcohol motifs (C(OH)–C–C–N with tert-alkyl or cyclic N) is 1. The first-order chi connectivity index (χ1) is 21.2. The molecule has 44 heavy (non-hydrogen) atoms. The van der Waals surface area contributed by atoms with Crippen LogP contribution in [0.4, 0.5) is 5.69 Å². The van der Waals surface area contributed by atoms with E-state index in [2.05, 4.69) is 5.32 Å². The summed E-state index contributed by atoms with van der Waals surface area (Å²) >= 11 is 0. The molecule has 4 aliphatic heterocycles. The van der Waals surface area contributed by atoms with E-state index in [0.29, 0.717) is 6.42 Å². The molecular weight excluding hydrogens is 562 g/mol. The molecule has 0 aromatic heterocycles. The molecule has 2 aromatic carbocycles. The predicted molar refractivity (Wildman–Crippen MR) is 161 cm³/mol. The molecule has 0 aliphatic carbocycles. The number of likely N-dealkylation sites (tertiary alicyclic amines) is 1. The maximum absolute atomic E-state index is 14.5. The van der Waals surface area contributed by atoms with Gasteiger partial charge in [0.25, 0.3) is 5.91 Å². The van der Waals surface area contributed by atoms with Crippen LogP contribution in [0.5, 0.6) is 0 Å². The molecule has 2 N–H and O–H groups in total. The summed E-state index contributed by atoms with van der Waals surface area (Å²) in [4.78, 5) is 58.5. The maximum Gasteiger partial charge on any atom is 0.306 e. The van der Waals surface area contributed by atoms with Crippen molar-refractivity contribution in [1.29, 1.82) is 0 Å². The van der Waals surface area contributed by atoms with E-state index in [0.717, 1.165) is 22.4 Å². The van der Waals surface area contributed by atoms with Crippen LogP contribution in [-0.4, -0.2) is 77.7 Å². The number of fused-ring (bicyclic) bond motifs is 2. The van der Waals surface area contributed by atoms with Gasteiger partial charge in [0.15, 0.2) is 0 Å². The van der Waals surface area contributed by atoms with Crippen molar-refractivity contribution in [3.05, 3.63) is 89.5 Å². The van der Waals surface area contributed by atoms with Gasteiger partial charge in [-0.2, -0.15) is 0 Å². The van der Waals surface area contributed by atoms with Crippen LogP contribution in [-0.2, 0) is 28.7 Å². The average Bonchev–Trinajstić information content (AvgIpc) is 3.39. The number of nitrogens with zero attached hydrogens (tertiary/aromatic N) is 2. The molecule has 0 radical (unpaired) electrons. The summed E-state index contributed by atoms with van der Waals surface area (Å²) in [5.74, 6) is -3.58. The number of hydrogen-bond donors (Lipinski definition) is 2. The Labute approximate surface area is 256 Å². The highest BCUT2D eigenvalue weighted by Crippen LogP contribution is 2.53. The Morgan fingerprint density at radius 1 is 1.02 bits per heavy atom. The molecule has 230 valence electrons. The number of hydrogen-bond acceptors (Lipinski definition) is 7. The monoisotopic (exact) mass is 599 g/mol. The van der Waals surface area contributed by atoms with Crippen LogP contribution >= 0.6 is 0 Å². The van der Waals surface area contributed by atoms with Crippen LogP contribution in [0.25, 0.3) is 0 Å². The third-order valence-electron chi connectivity index (χ3n) is 9.06. The standard InChI is InChI=1S/C34H37N3O7/c1-21-13-14-22(2)25(19-21)36-16-8-15-34-29(32(41)37(17-18-38)30(34)33(36)42)28-26(44-34)11-6-7-12-27(39)43-20-24(35-31(28)40)23-9-4-3-5-10-23/h3-6,8-11,13-15,19,24,26,28-30,38H,7,12,16-18,20H2,1-2H3,(H,35,40)/b11-6-/t24-,26+,28-,29-,30+,34-/m1/s1. The smallest absolute Gasteiger partial charge is 0.306 e. The zero-order chi connectivity index (χ0) is 31.0. The van der Waals surface area contributed by atoms with Gasteiger partial charge in [0, 0.05) is 25.2 Å². The summed E-state index contributed by atoms with van der Waals surface area (Å²) in [7, 11) is 0. The zero-order valence-electron chi connectivity index (χ0n) is 24.8. The van der Waals surface area contributed by atoms with Gasteiger partial charge in [-0.15, -0.1) is 0 Å². The molecule has 1 spiro atoms. The highest BCUT2D eigenvalue weighted by Gasteiger charge is 2.71. The Balaban J connectivity index is 1.43. The van der Waals surface area contributed by atoms with Gasteiger partial charge < -0.3 is 29.7 Å². The molecule has 2 saturated heterocycles. The molecule has 6 atom stereocenters. The van der Waals surface area contributed by atoms with E-state index in [1.807, 2.05) is 68.5 Å². The van der Waals surface area contributed by atoms with Gasteiger partial charge >= 0.3 is 5.97 Å². The number of anilines is 1. The molecule has 10 nitrogen and oxygen atoms in total. The Bertz CT molecular complexity index is 1520. The number of carbonyl (C=O) groups excluding carboxylic acids is 4. The molecule has 3 amide bonds. The molecular formula is C34H37N3O7. The van der Waals surface area contributed by atoms with Gasteiger partial charge in [-0.25, -0.2) is 0 Å². The number of ether oxygens (including phenoxy) is 2. The van der Waals surface area contributed by atoms with Gasteiger partial charge in [-0.05, 0) is 43.0 Å². The van der Waals surface area contributed by atoms with Gasteiger partial charge in [-0.1, -0.05) is 66.8 Å². The summed E-state index contributed by atoms with van der Waals surface area (Å²) in [5, 5.41) is 13.0. The predicted octanol–water partition coefficient (Wildman–Crippen LogP) is 2.53. The van der Waals surface area contributed by atoms with Crippen LogP contribution in [0.1, 0.15) is 35.6 Å². The average molecular weight is 600 g/mol. The lowest BCUT2D eigenvalue weighted by atomic mass is 9.77. The fraction of sp³-hybridized carbons (Fsp3) is 0.412. The number of esters is 1. The van der Waals surface area contributed by atoms with E-state index in [-0.39, 0.29) is 44.6 Å². The Kier molecular flexibility index (Phi) is 8.13. The van der Waals surface area contributed by atoms with Crippen molar-refractivity contribution in [2.45, 2.75) is 50.5 Å². The number of nitrogens with one attached hydrogen (secondary N) is 1. The Hall–Kier alpha value is -4.28. The van der Waals surface area contributed by atoms with Crippen molar-refractivity contribution in [3.8, 4) is 0 Å². The fourth-order valence-electron chi connectivity index (χ4n) is 7.01. The molecule has 0 saturated carbocycles. The number of cyclic esters (lactones) is 1. The van der Waals surface area contributed by atoms with Gasteiger partial charge in [-0.3, -0.25) is 19.2 Å². The number of carbonyl (C=O) groups is 4. The molecule has 4 aliphatic rings. The third-order valence-corrected chi connectivity index (χ3v) is 9.06. The molecule has 2 aromatic rings. The number of aliphatic hydroxyl groups excluding tert-OH is 1. The van der Waals surface area contributed by atoms with Crippen LogP contribution in [0.2, 0.25) is 0 Å². The van der Waals surface area contributed by atoms with Crippen molar-refractivity contribution < 1.29 is 33.8 Å². The van der Waals surface area contributed by atoms with E-state index in [4.69, 9.17) is 9.47 Å². The van der Waals surface area contributed by atoms with Crippen molar-refractivity contribution in [3.63, 3.8) is 0 Å². The number of allylic oxidation sites excluding steroid dienone is 1. The number of benzene rings is 2. The lowest BCUT2D eigenvalue weighted by Crippen LogP contribution is -2.55. The normalized spacial score (nSPS) is 31.2. The zero-order valence-corrected chi connectivity index (χ0v) is 24.8. The van der Waals surface area contributed by atoms with Crippen molar-refractivity contribution in [2.75, 3.05) is 31.2 Å². The number of amides is 3. The molecule has 6 rings (SSSR count). The van der Waals surface area contributed by atoms with Crippen LogP contribution in [0.3, 0.4) is 0 Å². The summed E-state index contributed by atoms with van der Waals surface area (Å²) in [5.41, 5.74) is 1.93. The maximum atomic E-state index is 14.5. The highest BCUT2D eigenvalue weighted by molar-refractivity contribution is 6.06. The lowest BCUT2D eigenvalue weighted by Gasteiger charge is -2.35. The summed E-state index contributed by atoms with van der Waals surface area (Å²) < 4.78 is 12.2. The quantitative estimate of drug-likeness (QED) is 0.409. The SMILES string of the molecule is Cc1ccc(C)c(N2CC=C[C@@]34O[C@H]5/C=C\CCC(=O)OC[C@H](c6ccccc6)NC(=O)[C@H]5[C@@H]3C(=O)N(CCO)[C@H]4C2=O)c1. The highest BCUT2D eigenvalue weighted by atomic mass is 16.5. The van der Waals surface area contributed by atoms with E-state index in [1.165, 1.54) is 4.90 Å². The molecule has 0 unspecified atom stereocenters. The summed E-state index contributed by atoms with van der Waals surface area (Å²) in [6.07, 6.45) is 6.76. The van der Waals surface area contributed by atoms with Crippen molar-refractivity contribution >= 4 is 29.4 Å². The minimum Gasteiger partial charge on any atom is -0.463 e. The van der Waals surface area contributed by atoms with Gasteiger partial charge in [0.05, 0.1) is 30.6 Å². The Morgan fingerprint density at radius 3 is 2.59 bits per heavy atom. The van der Waals surface area contributed by atoms with E-state index in [9.17, 15) is 24.3 Å². The lowest BCUT2D eigenvalue weighted by molar-refractivity contribution is -0.146. The third kappa shape index (κ3) is 5.11. The Morgan fingerprint density at radius 2 is 1.82 bits per heavy atom. The molecule has 4 heterocycles. The fourth-order valence-corrected chi connectivity index (χ4v) is 7.01. The van der Waals surface area contributed by atoms with Gasteiger partial charge in [0.1, 0.15) is 18.2 Å². The number of rotatable bonds is 4. The summed E-state index contributed by atoms with van der Waals surface area (Å²) in [6, 6.07) is 13.3. The second kappa shape index (κ2) is 12.0. The minimum absolute atomic E-state index is 0.0667. The molecule has 0 bridgehead atoms. The topological polar surface area (TPSA) is 125 Å². The molecule has 10 heteroatoms. The largest absolute Gasteiger partial charge is 0.463 e. The van der Waals surface area contributed by atoms with Crippen molar-refractivity contribution in [2.24, 2.45) is 11.8 Å². The van der Waals surface area contributed by atoms with Gasteiger partial charge in [0.2, 0.25) is 11.8 Å². The van der Waals surface area contributed by atoms with Crippen LogP contribution in [0.15, 0.2) is 72.8 Å². The van der Waals surface area contributed by atoms with Crippen molar-refractivity contribution in [1.82, 2.24) is 10.2 Å². The first-order valence-corrected chi connectivity index (χ1v) is 15.1. The summed E-state index contributed by atoms with van der Waals surface area (Å²) in [6.45, 7) is 3.64. The number of aliphatic hydroxyl groups is 1. The van der Waals surface area contributed by atoms with E-state index >= 15 is 0 Å². The second-order valence-corrected chi connectivity index (χ2v) is 11.9. The first kappa shape index (κ1) is 29.8. The van der Waals surface area contributed by atoms with Crippen LogP contribution in [0, 0.1) is 25.7 Å². The first-order valence-electron chi connectivity index (χ1n) is 15.1. The minimum atomic E-state index is -1.44.